The summed E-state index contributed by atoms with van der Waals surface area (Å²) in [6, 6.07) is 29.6. The summed E-state index contributed by atoms with van der Waals surface area (Å²) in [6.07, 6.45) is 1.72. The Hall–Kier alpha value is -2.58. The molecule has 0 spiro atoms. The highest BCUT2D eigenvalue weighted by Gasteiger charge is 2.43. The molecular formula is C23H23NO. The average Bonchev–Trinajstić information content (AvgIpc) is 2.97. The zero-order valence-electron chi connectivity index (χ0n) is 14.3. The summed E-state index contributed by atoms with van der Waals surface area (Å²) in [4.78, 5) is 2.41. The van der Waals surface area contributed by atoms with Crippen molar-refractivity contribution >= 4 is 5.69 Å². The van der Waals surface area contributed by atoms with Crippen LogP contribution in [0.2, 0.25) is 0 Å². The second-order valence-corrected chi connectivity index (χ2v) is 6.92. The van der Waals surface area contributed by atoms with E-state index in [0.29, 0.717) is 0 Å². The second kappa shape index (κ2) is 6.73. The number of para-hydroxylation sites is 1. The third-order valence-corrected chi connectivity index (χ3v) is 5.23. The summed E-state index contributed by atoms with van der Waals surface area (Å²) < 4.78 is 0. The van der Waals surface area contributed by atoms with Crippen LogP contribution in [0.15, 0.2) is 84.9 Å². The van der Waals surface area contributed by atoms with Crippen molar-refractivity contribution in [2.24, 2.45) is 0 Å². The molecule has 1 aliphatic rings. The molecule has 2 nitrogen and oxygen atoms in total. The molecular weight excluding hydrogens is 306 g/mol. The lowest BCUT2D eigenvalue weighted by Gasteiger charge is -2.39. The number of aliphatic hydroxyl groups is 1. The van der Waals surface area contributed by atoms with Crippen molar-refractivity contribution in [1.82, 2.24) is 0 Å². The number of benzene rings is 3. The summed E-state index contributed by atoms with van der Waals surface area (Å²) in [7, 11) is 0. The fourth-order valence-corrected chi connectivity index (χ4v) is 3.98. The predicted molar refractivity (Wildman–Crippen MR) is 103 cm³/mol. The van der Waals surface area contributed by atoms with Crippen molar-refractivity contribution in [2.75, 3.05) is 11.5 Å². The van der Waals surface area contributed by atoms with Gasteiger partial charge in [0.2, 0.25) is 0 Å². The molecule has 0 aromatic heterocycles. The van der Waals surface area contributed by atoms with Gasteiger partial charge in [-0.05, 0) is 29.2 Å². The van der Waals surface area contributed by atoms with Crippen molar-refractivity contribution < 1.29 is 5.11 Å². The molecule has 0 saturated carbocycles. The van der Waals surface area contributed by atoms with Crippen LogP contribution in [0.4, 0.5) is 5.69 Å². The van der Waals surface area contributed by atoms with Gasteiger partial charge < -0.3 is 10.0 Å². The van der Waals surface area contributed by atoms with E-state index in [1.54, 1.807) is 0 Å². The Morgan fingerprint density at radius 3 is 2.04 bits per heavy atom. The third-order valence-electron chi connectivity index (χ3n) is 5.23. The molecule has 0 saturated heterocycles. The van der Waals surface area contributed by atoms with Crippen LogP contribution in [0.5, 0.6) is 0 Å². The van der Waals surface area contributed by atoms with Gasteiger partial charge in [0.1, 0.15) is 0 Å². The number of hydrogen-bond acceptors (Lipinski definition) is 2. The van der Waals surface area contributed by atoms with Crippen molar-refractivity contribution in [3.8, 4) is 0 Å². The number of rotatable bonds is 5. The van der Waals surface area contributed by atoms with Crippen molar-refractivity contribution in [2.45, 2.75) is 24.9 Å². The molecule has 0 bridgehead atoms. The number of hydrogen-bond donors (Lipinski definition) is 1. The van der Waals surface area contributed by atoms with Crippen molar-refractivity contribution in [3.05, 3.63) is 102 Å². The van der Waals surface area contributed by atoms with E-state index in [1.807, 2.05) is 12.1 Å². The molecule has 3 aromatic carbocycles. The van der Waals surface area contributed by atoms with E-state index in [2.05, 4.69) is 77.7 Å². The first-order valence-corrected chi connectivity index (χ1v) is 8.85. The van der Waals surface area contributed by atoms with Crippen LogP contribution in [-0.4, -0.2) is 17.3 Å². The smallest absolute Gasteiger partial charge is 0.0717 e. The largest absolute Gasteiger partial charge is 0.394 e. The number of nitrogens with zero attached hydrogens (tertiary/aromatic N) is 1. The molecule has 4 rings (SSSR count). The first kappa shape index (κ1) is 15.9. The second-order valence-electron chi connectivity index (χ2n) is 6.92. The van der Waals surface area contributed by atoms with Gasteiger partial charge in [0.05, 0.1) is 12.1 Å². The molecule has 0 fully saturated rings. The minimum atomic E-state index is -0.291. The van der Waals surface area contributed by atoms with Gasteiger partial charge in [-0.15, -0.1) is 0 Å². The molecule has 1 heterocycles. The highest BCUT2D eigenvalue weighted by Crippen LogP contribution is 2.41. The Bertz CT molecular complexity index is 831. The third kappa shape index (κ3) is 3.06. The molecule has 2 heteroatoms. The van der Waals surface area contributed by atoms with Gasteiger partial charge in [-0.1, -0.05) is 78.9 Å². The average molecular weight is 329 g/mol. The van der Waals surface area contributed by atoms with Gasteiger partial charge in [0.15, 0.2) is 0 Å². The van der Waals surface area contributed by atoms with Gasteiger partial charge in [0, 0.05) is 18.7 Å². The molecule has 0 radical (unpaired) electrons. The zero-order chi connectivity index (χ0) is 17.1. The van der Waals surface area contributed by atoms with Gasteiger partial charge in [-0.25, -0.2) is 0 Å². The predicted octanol–water partition coefficient (Wildman–Crippen LogP) is 4.22. The first-order chi connectivity index (χ1) is 12.3. The monoisotopic (exact) mass is 329 g/mol. The SMILES string of the molecule is OCC1(Cc2ccccc2)Cc2ccccc2N1Cc1ccccc1. The van der Waals surface area contributed by atoms with Crippen LogP contribution >= 0.6 is 0 Å². The molecule has 25 heavy (non-hydrogen) atoms. The molecule has 1 N–H and O–H groups in total. The highest BCUT2D eigenvalue weighted by atomic mass is 16.3. The quantitative estimate of drug-likeness (QED) is 0.757. The van der Waals surface area contributed by atoms with E-state index >= 15 is 0 Å². The van der Waals surface area contributed by atoms with Crippen LogP contribution < -0.4 is 4.90 Å². The number of fused-ring (bicyclic) bond motifs is 1. The normalized spacial score (nSPS) is 19.0. The van der Waals surface area contributed by atoms with Crippen LogP contribution in [-0.2, 0) is 19.4 Å². The van der Waals surface area contributed by atoms with E-state index in [-0.39, 0.29) is 12.1 Å². The van der Waals surface area contributed by atoms with Crippen LogP contribution in [0.25, 0.3) is 0 Å². The molecule has 1 unspecified atom stereocenters. The Labute approximate surface area is 149 Å². The molecule has 0 amide bonds. The van der Waals surface area contributed by atoms with E-state index in [4.69, 9.17) is 0 Å². The Morgan fingerprint density at radius 2 is 1.36 bits per heavy atom. The topological polar surface area (TPSA) is 23.5 Å². The summed E-state index contributed by atoms with van der Waals surface area (Å²) in [5.74, 6) is 0. The lowest BCUT2D eigenvalue weighted by Crippen LogP contribution is -2.51. The zero-order valence-corrected chi connectivity index (χ0v) is 14.3. The van der Waals surface area contributed by atoms with E-state index in [1.165, 1.54) is 22.4 Å². The maximum Gasteiger partial charge on any atom is 0.0717 e. The van der Waals surface area contributed by atoms with Crippen LogP contribution in [0, 0.1) is 0 Å². The molecule has 126 valence electrons. The highest BCUT2D eigenvalue weighted by molar-refractivity contribution is 5.62. The first-order valence-electron chi connectivity index (χ1n) is 8.85. The van der Waals surface area contributed by atoms with Crippen molar-refractivity contribution in [3.63, 3.8) is 0 Å². The molecule has 1 atom stereocenters. The van der Waals surface area contributed by atoms with Gasteiger partial charge in [0.25, 0.3) is 0 Å². The fraction of sp³-hybridized carbons (Fsp3) is 0.217. The van der Waals surface area contributed by atoms with Gasteiger partial charge in [-0.2, -0.15) is 0 Å². The van der Waals surface area contributed by atoms with Crippen LogP contribution in [0.3, 0.4) is 0 Å². The lowest BCUT2D eigenvalue weighted by molar-refractivity contribution is 0.190. The van der Waals surface area contributed by atoms with E-state index < -0.39 is 0 Å². The summed E-state index contributed by atoms with van der Waals surface area (Å²) >= 11 is 0. The van der Waals surface area contributed by atoms with Crippen LogP contribution in [0.1, 0.15) is 16.7 Å². The standard InChI is InChI=1S/C23H23NO/c25-18-23(15-19-9-3-1-4-10-19)16-21-13-7-8-14-22(21)24(23)17-20-11-5-2-6-12-20/h1-14,25H,15-18H2. The van der Waals surface area contributed by atoms with Gasteiger partial charge >= 0.3 is 0 Å². The minimum absolute atomic E-state index is 0.142. The molecule has 3 aromatic rings. The van der Waals surface area contributed by atoms with Gasteiger partial charge in [-0.3, -0.25) is 0 Å². The fourth-order valence-electron chi connectivity index (χ4n) is 3.98. The summed E-state index contributed by atoms with van der Waals surface area (Å²) in [5, 5.41) is 10.5. The Kier molecular flexibility index (Phi) is 4.29. The lowest BCUT2D eigenvalue weighted by atomic mass is 9.87. The maximum absolute atomic E-state index is 10.5. The van der Waals surface area contributed by atoms with E-state index in [9.17, 15) is 5.11 Å². The summed E-state index contributed by atoms with van der Waals surface area (Å²) in [5.41, 5.74) is 4.81. The maximum atomic E-state index is 10.5. The molecule has 0 aliphatic carbocycles. The Balaban J connectivity index is 1.73. The van der Waals surface area contributed by atoms with E-state index in [0.717, 1.165) is 19.4 Å². The number of anilines is 1. The Morgan fingerprint density at radius 1 is 0.760 bits per heavy atom. The number of aliphatic hydroxyl groups excluding tert-OH is 1. The summed E-state index contributed by atoms with van der Waals surface area (Å²) in [6.45, 7) is 0.953. The molecule has 1 aliphatic heterocycles. The van der Waals surface area contributed by atoms with Crippen molar-refractivity contribution in [1.29, 1.82) is 0 Å². The minimum Gasteiger partial charge on any atom is -0.394 e.